The van der Waals surface area contributed by atoms with Crippen LogP contribution in [0.5, 0.6) is 0 Å². The van der Waals surface area contributed by atoms with Crippen LogP contribution in [-0.4, -0.2) is 64.8 Å². The number of fused-ring (bicyclic) bond motifs is 2. The monoisotopic (exact) mass is 446 g/mol. The summed E-state index contributed by atoms with van der Waals surface area (Å²) in [4.78, 5) is 47.4. The Bertz CT molecular complexity index is 1200. The fourth-order valence-electron chi connectivity index (χ4n) is 3.64. The van der Waals surface area contributed by atoms with Crippen molar-refractivity contribution in [3.63, 3.8) is 0 Å². The highest BCUT2D eigenvalue weighted by atomic mass is 16.7. The maximum atomic E-state index is 13.3. The molecule has 170 valence electrons. The molecule has 1 aromatic heterocycles. The second-order valence-corrected chi connectivity index (χ2v) is 7.98. The molecule has 1 atom stereocenters. The Kier molecular flexibility index (Phi) is 6.55. The van der Waals surface area contributed by atoms with Gasteiger partial charge in [0.2, 0.25) is 0 Å². The molecule has 1 aliphatic carbocycles. The van der Waals surface area contributed by atoms with E-state index < -0.39 is 6.17 Å². The molecule has 1 aliphatic rings. The van der Waals surface area contributed by atoms with Crippen LogP contribution in [-0.2, 0) is 4.84 Å². The molecule has 0 saturated carbocycles. The lowest BCUT2D eigenvalue weighted by molar-refractivity contribution is 0.0712. The highest BCUT2D eigenvalue weighted by Crippen LogP contribution is 2.33. The average Bonchev–Trinajstić information content (AvgIpc) is 2.84. The Hall–Kier alpha value is -3.53. The van der Waals surface area contributed by atoms with Gasteiger partial charge in [-0.1, -0.05) is 49.4 Å². The van der Waals surface area contributed by atoms with E-state index >= 15 is 0 Å². The van der Waals surface area contributed by atoms with Gasteiger partial charge in [-0.3, -0.25) is 14.4 Å². The standard InChI is InChI=1S/C24H26N6O3/c1-4-19(25)30(33-13-12-29(2)3)24-27-14-26-23(28-24)18-11-7-10-17-20(18)22(32)16-9-6-5-8-15(16)21(17)31/h5-11,14,19H,4,12-13,25H2,1-3H3. The summed E-state index contributed by atoms with van der Waals surface area (Å²) in [5.41, 5.74) is 8.11. The van der Waals surface area contributed by atoms with Crippen molar-refractivity contribution in [1.29, 1.82) is 0 Å². The van der Waals surface area contributed by atoms with Crippen molar-refractivity contribution >= 4 is 17.5 Å². The lowest BCUT2D eigenvalue weighted by Crippen LogP contribution is -2.43. The van der Waals surface area contributed by atoms with Crippen LogP contribution >= 0.6 is 0 Å². The van der Waals surface area contributed by atoms with E-state index in [1.165, 1.54) is 11.4 Å². The van der Waals surface area contributed by atoms with Crippen LogP contribution in [0.1, 0.15) is 45.2 Å². The SMILES string of the molecule is CCC(N)N(OCCN(C)C)c1ncnc(-c2cccc3c2C(=O)c2ccccc2C3=O)n1. The Labute approximate surface area is 192 Å². The minimum Gasteiger partial charge on any atom is -0.309 e. The second-order valence-electron chi connectivity index (χ2n) is 7.98. The second kappa shape index (κ2) is 9.53. The van der Waals surface area contributed by atoms with E-state index in [9.17, 15) is 9.59 Å². The Morgan fingerprint density at radius 1 is 0.939 bits per heavy atom. The van der Waals surface area contributed by atoms with E-state index in [0.717, 1.165) is 0 Å². The third-order valence-corrected chi connectivity index (χ3v) is 5.44. The summed E-state index contributed by atoms with van der Waals surface area (Å²) in [6.07, 6.45) is 1.49. The number of rotatable bonds is 8. The third kappa shape index (κ3) is 4.38. The molecule has 0 saturated heterocycles. The first-order valence-electron chi connectivity index (χ1n) is 10.8. The molecule has 0 fully saturated rings. The molecular weight excluding hydrogens is 420 g/mol. The molecule has 4 rings (SSSR count). The number of hydrogen-bond acceptors (Lipinski definition) is 9. The van der Waals surface area contributed by atoms with Gasteiger partial charge in [-0.15, -0.1) is 0 Å². The van der Waals surface area contributed by atoms with Crippen LogP contribution in [0.25, 0.3) is 11.4 Å². The lowest BCUT2D eigenvalue weighted by Gasteiger charge is -2.27. The van der Waals surface area contributed by atoms with Gasteiger partial charge in [-0.25, -0.2) is 10.0 Å². The van der Waals surface area contributed by atoms with E-state index in [1.54, 1.807) is 42.5 Å². The Balaban J connectivity index is 1.75. The number of likely N-dealkylation sites (N-methyl/N-ethyl adjacent to an activating group) is 1. The molecule has 0 aliphatic heterocycles. The van der Waals surface area contributed by atoms with Gasteiger partial charge in [-0.2, -0.15) is 9.97 Å². The normalized spacial score (nSPS) is 13.6. The van der Waals surface area contributed by atoms with Gasteiger partial charge in [0.05, 0.1) is 6.61 Å². The quantitative estimate of drug-likeness (QED) is 0.322. The minimum atomic E-state index is -0.470. The van der Waals surface area contributed by atoms with E-state index in [4.69, 9.17) is 10.6 Å². The maximum absolute atomic E-state index is 13.3. The number of benzene rings is 2. The summed E-state index contributed by atoms with van der Waals surface area (Å²) in [7, 11) is 3.90. The fourth-order valence-corrected chi connectivity index (χ4v) is 3.64. The zero-order chi connectivity index (χ0) is 23.5. The number of carbonyl (C=O) groups is 2. The first kappa shape index (κ1) is 22.7. The topological polar surface area (TPSA) is 115 Å². The first-order chi connectivity index (χ1) is 15.9. The summed E-state index contributed by atoms with van der Waals surface area (Å²) in [6, 6.07) is 11.9. The van der Waals surface area contributed by atoms with Gasteiger partial charge < -0.3 is 10.6 Å². The first-order valence-corrected chi connectivity index (χ1v) is 10.8. The van der Waals surface area contributed by atoms with Crippen LogP contribution in [0.3, 0.4) is 0 Å². The minimum absolute atomic E-state index is 0.196. The van der Waals surface area contributed by atoms with Crippen molar-refractivity contribution in [2.24, 2.45) is 5.73 Å². The summed E-state index contributed by atoms with van der Waals surface area (Å²) in [6.45, 7) is 3.02. The van der Waals surface area contributed by atoms with Gasteiger partial charge >= 0.3 is 0 Å². The van der Waals surface area contributed by atoms with E-state index in [0.29, 0.717) is 47.4 Å². The smallest absolute Gasteiger partial charge is 0.254 e. The van der Waals surface area contributed by atoms with E-state index in [2.05, 4.69) is 15.0 Å². The predicted molar refractivity (Wildman–Crippen MR) is 124 cm³/mol. The van der Waals surface area contributed by atoms with Crippen molar-refractivity contribution in [2.45, 2.75) is 19.5 Å². The molecule has 0 radical (unpaired) electrons. The highest BCUT2D eigenvalue weighted by molar-refractivity contribution is 6.30. The molecule has 2 N–H and O–H groups in total. The Morgan fingerprint density at radius 2 is 1.61 bits per heavy atom. The van der Waals surface area contributed by atoms with Crippen LogP contribution in [0.2, 0.25) is 0 Å². The summed E-state index contributed by atoms with van der Waals surface area (Å²) in [5, 5.41) is 1.46. The van der Waals surface area contributed by atoms with Gasteiger partial charge in [0.15, 0.2) is 17.4 Å². The number of nitrogens with two attached hydrogens (primary N) is 1. The molecular formula is C24H26N6O3. The van der Waals surface area contributed by atoms with Gasteiger partial charge in [0.25, 0.3) is 5.95 Å². The van der Waals surface area contributed by atoms with Gasteiger partial charge in [0, 0.05) is 34.4 Å². The van der Waals surface area contributed by atoms with Gasteiger partial charge in [0.1, 0.15) is 12.5 Å². The van der Waals surface area contributed by atoms with Crippen molar-refractivity contribution in [1.82, 2.24) is 19.9 Å². The molecule has 1 unspecified atom stereocenters. The molecule has 2 aromatic carbocycles. The van der Waals surface area contributed by atoms with Gasteiger partial charge in [-0.05, 0) is 20.5 Å². The van der Waals surface area contributed by atoms with Crippen molar-refractivity contribution in [2.75, 3.05) is 32.3 Å². The van der Waals surface area contributed by atoms with Crippen molar-refractivity contribution in [3.05, 3.63) is 71.0 Å². The van der Waals surface area contributed by atoms with Crippen molar-refractivity contribution in [3.8, 4) is 11.4 Å². The number of ketones is 2. The summed E-state index contributed by atoms with van der Waals surface area (Å²) >= 11 is 0. The molecule has 0 spiro atoms. The van der Waals surface area contributed by atoms with Crippen LogP contribution in [0, 0.1) is 0 Å². The largest absolute Gasteiger partial charge is 0.309 e. The zero-order valence-electron chi connectivity index (χ0n) is 18.9. The average molecular weight is 447 g/mol. The number of carbonyl (C=O) groups excluding carboxylic acids is 2. The number of anilines is 1. The lowest BCUT2D eigenvalue weighted by atomic mass is 9.82. The predicted octanol–water partition coefficient (Wildman–Crippen LogP) is 2.31. The number of nitrogens with zero attached hydrogens (tertiary/aromatic N) is 5. The number of hydrogen-bond donors (Lipinski definition) is 1. The molecule has 3 aromatic rings. The van der Waals surface area contributed by atoms with Crippen LogP contribution in [0.4, 0.5) is 5.95 Å². The molecule has 9 heteroatoms. The van der Waals surface area contributed by atoms with Crippen LogP contribution < -0.4 is 10.8 Å². The zero-order valence-corrected chi connectivity index (χ0v) is 18.9. The number of hydroxylamine groups is 1. The molecule has 33 heavy (non-hydrogen) atoms. The highest BCUT2D eigenvalue weighted by Gasteiger charge is 2.32. The van der Waals surface area contributed by atoms with E-state index in [-0.39, 0.29) is 23.3 Å². The molecule has 1 heterocycles. The number of aromatic nitrogens is 3. The maximum Gasteiger partial charge on any atom is 0.254 e. The Morgan fingerprint density at radius 3 is 2.30 bits per heavy atom. The van der Waals surface area contributed by atoms with Crippen LogP contribution in [0.15, 0.2) is 48.8 Å². The summed E-state index contributed by atoms with van der Waals surface area (Å²) < 4.78 is 0. The van der Waals surface area contributed by atoms with E-state index in [1.807, 2.05) is 25.9 Å². The molecule has 9 nitrogen and oxygen atoms in total. The van der Waals surface area contributed by atoms with Crippen molar-refractivity contribution < 1.29 is 14.4 Å². The fraction of sp³-hybridized carbons (Fsp3) is 0.292. The molecule has 0 amide bonds. The third-order valence-electron chi connectivity index (χ3n) is 5.44. The molecule has 0 bridgehead atoms. The summed E-state index contributed by atoms with van der Waals surface area (Å²) in [5.74, 6) is 0.0719.